The molecule has 0 aliphatic rings. The summed E-state index contributed by atoms with van der Waals surface area (Å²) in [6.07, 6.45) is -4.76. The second-order valence-corrected chi connectivity index (χ2v) is 6.31. The summed E-state index contributed by atoms with van der Waals surface area (Å²) in [6, 6.07) is 7.92. The lowest BCUT2D eigenvalue weighted by atomic mass is 10.0. The van der Waals surface area contributed by atoms with Crippen LogP contribution < -0.4 is 4.72 Å². The number of sulfonamides is 1. The summed E-state index contributed by atoms with van der Waals surface area (Å²) in [4.78, 5) is 0.00568. The molecule has 0 aromatic heterocycles. The summed E-state index contributed by atoms with van der Waals surface area (Å²) in [6.45, 7) is 0. The fourth-order valence-corrected chi connectivity index (χ4v) is 2.60. The summed E-state index contributed by atoms with van der Waals surface area (Å²) in [5.41, 5.74) is -0.716. The summed E-state index contributed by atoms with van der Waals surface area (Å²) in [5, 5.41) is 0. The second kappa shape index (κ2) is 5.69. The topological polar surface area (TPSA) is 46.2 Å². The van der Waals surface area contributed by atoms with Crippen LogP contribution in [0.15, 0.2) is 47.4 Å². The predicted molar refractivity (Wildman–Crippen MR) is 73.1 cm³/mol. The molecule has 3 nitrogen and oxygen atoms in total. The smallest absolute Gasteiger partial charge is 0.214 e. The largest absolute Gasteiger partial charge is 0.419 e. The van der Waals surface area contributed by atoms with Gasteiger partial charge in [0.05, 0.1) is 10.5 Å². The van der Waals surface area contributed by atoms with Crippen molar-refractivity contribution in [2.75, 3.05) is 7.05 Å². The summed E-state index contributed by atoms with van der Waals surface area (Å²) in [7, 11) is -2.35. The monoisotopic (exact) mass is 333 g/mol. The van der Waals surface area contributed by atoms with Crippen molar-refractivity contribution < 1.29 is 26.0 Å². The highest BCUT2D eigenvalue weighted by Crippen LogP contribution is 2.33. The van der Waals surface area contributed by atoms with Crippen LogP contribution in [0.25, 0.3) is 11.1 Å². The highest BCUT2D eigenvalue weighted by Gasteiger charge is 2.33. The summed E-state index contributed by atoms with van der Waals surface area (Å²) < 4.78 is 76.3. The predicted octanol–water partition coefficient (Wildman–Crippen LogP) is 3.42. The molecule has 1 N–H and O–H groups in total. The first-order chi connectivity index (χ1) is 10.1. The van der Waals surface area contributed by atoms with Gasteiger partial charge in [0.25, 0.3) is 0 Å². The van der Waals surface area contributed by atoms with Crippen molar-refractivity contribution in [1.29, 1.82) is 0 Å². The van der Waals surface area contributed by atoms with Crippen molar-refractivity contribution in [3.8, 4) is 11.1 Å². The Bertz CT molecular complexity index is 783. The van der Waals surface area contributed by atoms with Gasteiger partial charge in [-0.3, -0.25) is 0 Å². The first kappa shape index (κ1) is 16.4. The fourth-order valence-electron chi connectivity index (χ4n) is 1.87. The zero-order valence-electron chi connectivity index (χ0n) is 11.3. The zero-order chi connectivity index (χ0) is 16.5. The van der Waals surface area contributed by atoms with Crippen molar-refractivity contribution in [1.82, 2.24) is 4.72 Å². The van der Waals surface area contributed by atoms with Crippen molar-refractivity contribution >= 4 is 10.0 Å². The highest BCUT2D eigenvalue weighted by molar-refractivity contribution is 7.89. The lowest BCUT2D eigenvalue weighted by molar-refractivity contribution is -0.139. The Morgan fingerprint density at radius 1 is 0.955 bits per heavy atom. The standard InChI is InChI=1S/C14H11F4NO2S/c1-19-22(20,21)11-5-2-9(3-6-11)10-4-7-12(13(15)8-10)14(16,17)18/h2-8,19H,1H3. The van der Waals surface area contributed by atoms with E-state index in [1.807, 2.05) is 0 Å². The Kier molecular flexibility index (Phi) is 4.25. The van der Waals surface area contributed by atoms with Gasteiger partial charge in [-0.1, -0.05) is 18.2 Å². The number of alkyl halides is 3. The molecule has 0 aliphatic carbocycles. The molecule has 0 bridgehead atoms. The average molecular weight is 333 g/mol. The fraction of sp³-hybridized carbons (Fsp3) is 0.143. The minimum Gasteiger partial charge on any atom is -0.214 e. The van der Waals surface area contributed by atoms with E-state index in [-0.39, 0.29) is 10.5 Å². The lowest BCUT2D eigenvalue weighted by Gasteiger charge is -2.10. The molecule has 0 saturated carbocycles. The Morgan fingerprint density at radius 2 is 1.50 bits per heavy atom. The van der Waals surface area contributed by atoms with Gasteiger partial charge in [-0.2, -0.15) is 13.2 Å². The van der Waals surface area contributed by atoms with E-state index in [1.54, 1.807) is 0 Å². The maximum absolute atomic E-state index is 13.5. The molecule has 22 heavy (non-hydrogen) atoms. The van der Waals surface area contributed by atoms with E-state index < -0.39 is 27.6 Å². The van der Waals surface area contributed by atoms with Crippen LogP contribution in [0.1, 0.15) is 5.56 Å². The summed E-state index contributed by atoms with van der Waals surface area (Å²) in [5.74, 6) is -1.38. The number of rotatable bonds is 3. The van der Waals surface area contributed by atoms with Gasteiger partial charge in [-0.05, 0) is 42.4 Å². The van der Waals surface area contributed by atoms with Crippen LogP contribution in [0.3, 0.4) is 0 Å². The van der Waals surface area contributed by atoms with Gasteiger partial charge < -0.3 is 0 Å². The molecule has 0 heterocycles. The maximum Gasteiger partial charge on any atom is 0.419 e. The zero-order valence-corrected chi connectivity index (χ0v) is 12.1. The minimum atomic E-state index is -4.76. The molecule has 2 rings (SSSR count). The first-order valence-electron chi connectivity index (χ1n) is 6.06. The van der Waals surface area contributed by atoms with E-state index in [1.165, 1.54) is 31.3 Å². The summed E-state index contributed by atoms with van der Waals surface area (Å²) >= 11 is 0. The van der Waals surface area contributed by atoms with E-state index in [2.05, 4.69) is 4.72 Å². The SMILES string of the molecule is CNS(=O)(=O)c1ccc(-c2ccc(C(F)(F)F)c(F)c2)cc1. The van der Waals surface area contributed by atoms with Crippen LogP contribution in [-0.2, 0) is 16.2 Å². The Balaban J connectivity index is 2.40. The van der Waals surface area contributed by atoms with Crippen molar-refractivity contribution in [2.45, 2.75) is 11.1 Å². The molecule has 0 unspecified atom stereocenters. The van der Waals surface area contributed by atoms with Crippen molar-refractivity contribution in [3.05, 3.63) is 53.8 Å². The van der Waals surface area contributed by atoms with Gasteiger partial charge in [0.2, 0.25) is 10.0 Å². The van der Waals surface area contributed by atoms with Crippen LogP contribution in [0.5, 0.6) is 0 Å². The Morgan fingerprint density at radius 3 is 1.95 bits per heavy atom. The first-order valence-corrected chi connectivity index (χ1v) is 7.54. The van der Waals surface area contributed by atoms with Crippen LogP contribution in [0, 0.1) is 5.82 Å². The average Bonchev–Trinajstić information content (AvgIpc) is 2.46. The molecule has 2 aromatic rings. The number of nitrogens with one attached hydrogen (secondary N) is 1. The quantitative estimate of drug-likeness (QED) is 0.875. The van der Waals surface area contributed by atoms with Gasteiger partial charge in [0, 0.05) is 0 Å². The van der Waals surface area contributed by atoms with Gasteiger partial charge in [-0.15, -0.1) is 0 Å². The van der Waals surface area contributed by atoms with E-state index in [0.717, 1.165) is 12.1 Å². The molecule has 2 aromatic carbocycles. The van der Waals surface area contributed by atoms with Gasteiger partial charge >= 0.3 is 6.18 Å². The molecule has 0 spiro atoms. The Labute approximate surface area is 124 Å². The number of benzene rings is 2. The molecule has 0 amide bonds. The molecule has 0 fully saturated rings. The van der Waals surface area contributed by atoms with Crippen LogP contribution in [0.2, 0.25) is 0 Å². The van der Waals surface area contributed by atoms with E-state index in [9.17, 15) is 26.0 Å². The van der Waals surface area contributed by atoms with Gasteiger partial charge in [0.1, 0.15) is 5.82 Å². The van der Waals surface area contributed by atoms with Crippen LogP contribution in [-0.4, -0.2) is 15.5 Å². The van der Waals surface area contributed by atoms with E-state index >= 15 is 0 Å². The van der Waals surface area contributed by atoms with E-state index in [0.29, 0.717) is 11.6 Å². The maximum atomic E-state index is 13.5. The molecular weight excluding hydrogens is 322 g/mol. The van der Waals surface area contributed by atoms with Crippen molar-refractivity contribution in [3.63, 3.8) is 0 Å². The lowest BCUT2D eigenvalue weighted by Crippen LogP contribution is -2.18. The molecule has 118 valence electrons. The van der Waals surface area contributed by atoms with Crippen LogP contribution >= 0.6 is 0 Å². The van der Waals surface area contributed by atoms with E-state index in [4.69, 9.17) is 0 Å². The second-order valence-electron chi connectivity index (χ2n) is 4.42. The Hall–Kier alpha value is -1.93. The highest BCUT2D eigenvalue weighted by atomic mass is 32.2. The molecule has 0 aliphatic heterocycles. The van der Waals surface area contributed by atoms with Gasteiger partial charge in [-0.25, -0.2) is 17.5 Å². The number of hydrogen-bond donors (Lipinski definition) is 1. The van der Waals surface area contributed by atoms with Crippen molar-refractivity contribution in [2.24, 2.45) is 0 Å². The third kappa shape index (κ3) is 3.28. The molecule has 8 heteroatoms. The third-order valence-corrected chi connectivity index (χ3v) is 4.47. The van der Waals surface area contributed by atoms with Crippen LogP contribution in [0.4, 0.5) is 17.6 Å². The number of hydrogen-bond acceptors (Lipinski definition) is 2. The van der Waals surface area contributed by atoms with Gasteiger partial charge in [0.15, 0.2) is 0 Å². The minimum absolute atomic E-state index is 0.00568. The number of halogens is 4. The molecule has 0 saturated heterocycles. The third-order valence-electron chi connectivity index (χ3n) is 3.04. The molecule has 0 radical (unpaired) electrons. The molecule has 0 atom stereocenters. The normalized spacial score (nSPS) is 12.4. The molecular formula is C14H11F4NO2S.